The van der Waals surface area contributed by atoms with Gasteiger partial charge in [-0.05, 0) is 47.2 Å². The van der Waals surface area contributed by atoms with Crippen molar-refractivity contribution in [3.8, 4) is 5.69 Å². The van der Waals surface area contributed by atoms with Crippen LogP contribution in [0.15, 0.2) is 72.9 Å². The van der Waals surface area contributed by atoms with Crippen molar-refractivity contribution in [2.75, 3.05) is 33.3 Å². The quantitative estimate of drug-likeness (QED) is 0.172. The second-order valence-electron chi connectivity index (χ2n) is 10.2. The maximum absolute atomic E-state index is 15.1. The van der Waals surface area contributed by atoms with E-state index in [9.17, 15) is 19.2 Å². The Balaban J connectivity index is 1.18. The van der Waals surface area contributed by atoms with Crippen molar-refractivity contribution in [3.05, 3.63) is 107 Å². The van der Waals surface area contributed by atoms with E-state index in [0.717, 1.165) is 5.56 Å². The van der Waals surface area contributed by atoms with E-state index in [0.29, 0.717) is 22.6 Å². The first-order valence-electron chi connectivity index (χ1n) is 13.8. The predicted molar refractivity (Wildman–Crippen MR) is 155 cm³/mol. The van der Waals surface area contributed by atoms with Crippen LogP contribution in [-0.2, 0) is 16.0 Å². The molecule has 1 aliphatic heterocycles. The van der Waals surface area contributed by atoms with Crippen LogP contribution in [0, 0.1) is 5.82 Å². The number of fused-ring (bicyclic) bond motifs is 1. The molecule has 222 valence electrons. The van der Waals surface area contributed by atoms with Crippen molar-refractivity contribution in [1.82, 2.24) is 35.0 Å². The zero-order chi connectivity index (χ0) is 30.8. The van der Waals surface area contributed by atoms with Gasteiger partial charge in [0.1, 0.15) is 11.5 Å². The van der Waals surface area contributed by atoms with Crippen LogP contribution in [-0.4, -0.2) is 91.8 Å². The van der Waals surface area contributed by atoms with Gasteiger partial charge >= 0.3 is 5.97 Å². The summed E-state index contributed by atoms with van der Waals surface area (Å²) in [6.45, 7) is 0.889. The number of nitrogens with one attached hydrogen (secondary N) is 1. The third kappa shape index (κ3) is 5.42. The van der Waals surface area contributed by atoms with Gasteiger partial charge in [-0.2, -0.15) is 0 Å². The Hall–Kier alpha value is -5.72. The first kappa shape index (κ1) is 28.4. The lowest BCUT2D eigenvalue weighted by Crippen LogP contribution is -2.52. The Morgan fingerprint density at radius 1 is 0.909 bits per heavy atom. The molecule has 6 rings (SSSR count). The minimum absolute atomic E-state index is 0.0663. The Bertz CT molecular complexity index is 1890. The number of H-pyrrole nitrogens is 1. The van der Waals surface area contributed by atoms with Crippen LogP contribution < -0.4 is 0 Å². The summed E-state index contributed by atoms with van der Waals surface area (Å²) in [5, 5.41) is 12.5. The molecule has 3 aromatic carbocycles. The lowest BCUT2D eigenvalue weighted by molar-refractivity contribution is -0.127. The van der Waals surface area contributed by atoms with Crippen LogP contribution in [0.2, 0.25) is 0 Å². The number of nitrogens with zero attached hydrogens (tertiary/aromatic N) is 6. The van der Waals surface area contributed by atoms with E-state index >= 15 is 4.39 Å². The molecule has 1 saturated heterocycles. The summed E-state index contributed by atoms with van der Waals surface area (Å²) in [5.41, 5.74) is 2.12. The Kier molecular flexibility index (Phi) is 7.67. The van der Waals surface area contributed by atoms with Crippen LogP contribution in [0.1, 0.15) is 42.5 Å². The minimum Gasteiger partial charge on any atom is -0.465 e. The van der Waals surface area contributed by atoms with Gasteiger partial charge in [-0.15, -0.1) is 15.0 Å². The van der Waals surface area contributed by atoms with E-state index in [1.807, 2.05) is 12.1 Å². The summed E-state index contributed by atoms with van der Waals surface area (Å²) in [5.74, 6) is -2.61. The minimum atomic E-state index is -0.868. The van der Waals surface area contributed by atoms with Crippen LogP contribution in [0.25, 0.3) is 16.6 Å². The number of benzene rings is 3. The number of rotatable bonds is 7. The fourth-order valence-electron chi connectivity index (χ4n) is 5.20. The number of methoxy groups -OCH3 is 1. The standard InChI is InChI=1S/C31H26FN7O5/c1-44-31(43)21-9-5-6-19(16-21)17-25-34-36-39(35-25)24-11-10-23(32)26-22(18-33-27(24)26)28(40)30(42)38-14-12-37(13-15-38)29(41)20-7-3-2-4-8-20/h2-11,16,18,33H,12-15,17H2,1H3. The second-order valence-corrected chi connectivity index (χ2v) is 10.2. The molecule has 13 heteroatoms. The van der Waals surface area contributed by atoms with Gasteiger partial charge in [-0.25, -0.2) is 9.18 Å². The largest absolute Gasteiger partial charge is 0.465 e. The van der Waals surface area contributed by atoms with E-state index in [1.54, 1.807) is 47.4 Å². The summed E-state index contributed by atoms with van der Waals surface area (Å²) in [6.07, 6.45) is 1.56. The number of aromatic nitrogens is 5. The maximum atomic E-state index is 15.1. The van der Waals surface area contributed by atoms with E-state index < -0.39 is 23.5 Å². The van der Waals surface area contributed by atoms with Gasteiger partial charge in [0, 0.05) is 49.7 Å². The summed E-state index contributed by atoms with van der Waals surface area (Å²) in [7, 11) is 1.30. The fourth-order valence-corrected chi connectivity index (χ4v) is 5.20. The number of hydrogen-bond acceptors (Lipinski definition) is 8. The van der Waals surface area contributed by atoms with Crippen molar-refractivity contribution in [1.29, 1.82) is 0 Å². The van der Waals surface area contributed by atoms with Crippen LogP contribution in [0.5, 0.6) is 0 Å². The monoisotopic (exact) mass is 595 g/mol. The van der Waals surface area contributed by atoms with E-state index in [1.165, 1.54) is 35.1 Å². The highest BCUT2D eigenvalue weighted by atomic mass is 19.1. The van der Waals surface area contributed by atoms with Crippen LogP contribution in [0.4, 0.5) is 4.39 Å². The molecular weight excluding hydrogens is 569 g/mol. The van der Waals surface area contributed by atoms with Crippen molar-refractivity contribution in [3.63, 3.8) is 0 Å². The maximum Gasteiger partial charge on any atom is 0.337 e. The molecule has 5 aromatic rings. The molecule has 3 heterocycles. The average molecular weight is 596 g/mol. The molecule has 1 aliphatic rings. The Morgan fingerprint density at radius 3 is 2.39 bits per heavy atom. The SMILES string of the molecule is COC(=O)c1cccc(Cc2nnn(-c3ccc(F)c4c(C(=O)C(=O)N5CCN(C(=O)c6ccccc6)CC5)c[nH]c34)n2)c1. The molecule has 12 nitrogen and oxygen atoms in total. The fraction of sp³-hybridized carbons (Fsp3) is 0.194. The Morgan fingerprint density at radius 2 is 1.64 bits per heavy atom. The van der Waals surface area contributed by atoms with E-state index in [-0.39, 0.29) is 55.0 Å². The summed E-state index contributed by atoms with van der Waals surface area (Å²) < 4.78 is 19.9. The van der Waals surface area contributed by atoms with Gasteiger partial charge in [0.2, 0.25) is 0 Å². The number of amides is 2. The molecule has 0 radical (unpaired) electrons. The van der Waals surface area contributed by atoms with Crippen LogP contribution in [0.3, 0.4) is 0 Å². The lowest BCUT2D eigenvalue weighted by atomic mass is 10.1. The predicted octanol–water partition coefficient (Wildman–Crippen LogP) is 2.83. The zero-order valence-electron chi connectivity index (χ0n) is 23.6. The van der Waals surface area contributed by atoms with Gasteiger partial charge in [-0.1, -0.05) is 30.3 Å². The number of ketones is 1. The number of halogens is 1. The number of tetrazole rings is 1. The van der Waals surface area contributed by atoms with Crippen molar-refractivity contribution in [2.24, 2.45) is 0 Å². The molecule has 2 amide bonds. The smallest absolute Gasteiger partial charge is 0.337 e. The highest BCUT2D eigenvalue weighted by Crippen LogP contribution is 2.28. The molecule has 0 bridgehead atoms. The average Bonchev–Trinajstić information content (AvgIpc) is 3.72. The van der Waals surface area contributed by atoms with Crippen LogP contribution >= 0.6 is 0 Å². The first-order chi connectivity index (χ1) is 21.3. The molecule has 2 aromatic heterocycles. The number of ether oxygens (including phenoxy) is 1. The van der Waals surface area contributed by atoms with Crippen molar-refractivity contribution >= 4 is 34.5 Å². The molecule has 0 atom stereocenters. The summed E-state index contributed by atoms with van der Waals surface area (Å²) in [6, 6.07) is 18.3. The highest BCUT2D eigenvalue weighted by Gasteiger charge is 2.31. The van der Waals surface area contributed by atoms with Gasteiger partial charge in [-0.3, -0.25) is 14.4 Å². The molecule has 0 unspecified atom stereocenters. The second kappa shape index (κ2) is 11.9. The van der Waals surface area contributed by atoms with Gasteiger partial charge in [0.05, 0.1) is 23.8 Å². The van der Waals surface area contributed by atoms with E-state index in [2.05, 4.69) is 20.4 Å². The molecule has 44 heavy (non-hydrogen) atoms. The van der Waals surface area contributed by atoms with E-state index in [4.69, 9.17) is 4.74 Å². The molecular formula is C31H26FN7O5. The number of Topliss-reactive ketones (excluding diaryl/α,β-unsaturated/α-hetero) is 1. The zero-order valence-corrected chi connectivity index (χ0v) is 23.6. The van der Waals surface area contributed by atoms with Gasteiger partial charge in [0.25, 0.3) is 17.6 Å². The number of carbonyl (C=O) groups is 4. The molecule has 1 N–H and O–H groups in total. The summed E-state index contributed by atoms with van der Waals surface area (Å²) >= 11 is 0. The molecule has 0 aliphatic carbocycles. The molecule has 0 spiro atoms. The Labute approximate surface area is 250 Å². The third-order valence-electron chi connectivity index (χ3n) is 7.46. The van der Waals surface area contributed by atoms with Gasteiger partial charge in [0.15, 0.2) is 5.82 Å². The van der Waals surface area contributed by atoms with Crippen molar-refractivity contribution < 1.29 is 28.3 Å². The summed E-state index contributed by atoms with van der Waals surface area (Å²) in [4.78, 5) is 58.2. The van der Waals surface area contributed by atoms with Crippen molar-refractivity contribution in [2.45, 2.75) is 6.42 Å². The first-order valence-corrected chi connectivity index (χ1v) is 13.8. The molecule has 1 fully saturated rings. The number of carbonyl (C=O) groups excluding carboxylic acids is 4. The number of piperazine rings is 1. The normalized spacial score (nSPS) is 13.2. The number of hydrogen-bond donors (Lipinski definition) is 1. The lowest BCUT2D eigenvalue weighted by Gasteiger charge is -2.34. The number of aromatic amines is 1. The molecule has 0 saturated carbocycles. The third-order valence-corrected chi connectivity index (χ3v) is 7.46. The van der Waals surface area contributed by atoms with Gasteiger partial charge < -0.3 is 19.5 Å². The highest BCUT2D eigenvalue weighted by molar-refractivity contribution is 6.45. The topological polar surface area (TPSA) is 143 Å². The number of esters is 1.